The second-order valence-electron chi connectivity index (χ2n) is 11.7. The highest BCUT2D eigenvalue weighted by atomic mass is 16.6. The number of allylic oxidation sites excluding steroid dienone is 1. The van der Waals surface area contributed by atoms with Crippen molar-refractivity contribution in [3.63, 3.8) is 0 Å². The molecule has 1 unspecified atom stereocenters. The molecular weight excluding hydrogens is 570 g/mol. The lowest BCUT2D eigenvalue weighted by Crippen LogP contribution is -2.43. The molecule has 0 saturated carbocycles. The summed E-state index contributed by atoms with van der Waals surface area (Å²) in [5.74, 6) is -2.89. The van der Waals surface area contributed by atoms with Crippen LogP contribution in [0.15, 0.2) is 101 Å². The molecule has 2 atom stereocenters. The molecule has 3 aromatic rings. The number of methoxy groups -OCH3 is 1. The molecule has 0 aliphatic carbocycles. The van der Waals surface area contributed by atoms with Gasteiger partial charge in [0.2, 0.25) is 0 Å². The van der Waals surface area contributed by atoms with Crippen molar-refractivity contribution in [3.8, 4) is 0 Å². The molecule has 0 spiro atoms. The number of hydrogen-bond donors (Lipinski definition) is 0. The largest absolute Gasteiger partial charge is 0.468 e. The highest BCUT2D eigenvalue weighted by Crippen LogP contribution is 2.42. The first kappa shape index (κ1) is 31.8. The van der Waals surface area contributed by atoms with E-state index >= 15 is 0 Å². The van der Waals surface area contributed by atoms with Crippen LogP contribution in [0.2, 0.25) is 0 Å². The highest BCUT2D eigenvalue weighted by Gasteiger charge is 2.43. The number of esters is 2. The summed E-state index contributed by atoms with van der Waals surface area (Å²) in [6, 6.07) is 27.4. The zero-order valence-electron chi connectivity index (χ0n) is 26.0. The van der Waals surface area contributed by atoms with Gasteiger partial charge in [-0.25, -0.2) is 4.79 Å². The Morgan fingerprint density at radius 2 is 1.58 bits per heavy atom. The van der Waals surface area contributed by atoms with Gasteiger partial charge in [0.05, 0.1) is 24.2 Å². The van der Waals surface area contributed by atoms with E-state index in [2.05, 4.69) is 70.6 Å². The molecule has 45 heavy (non-hydrogen) atoms. The highest BCUT2D eigenvalue weighted by molar-refractivity contribution is 6.07. The molecule has 0 amide bonds. The lowest BCUT2D eigenvalue weighted by molar-refractivity contribution is -0.384. The van der Waals surface area contributed by atoms with Crippen LogP contribution in [-0.4, -0.2) is 60.8 Å². The molecule has 1 fully saturated rings. The number of piperidine rings is 1. The van der Waals surface area contributed by atoms with E-state index in [1.807, 2.05) is 0 Å². The summed E-state index contributed by atoms with van der Waals surface area (Å²) in [5.41, 5.74) is 4.06. The van der Waals surface area contributed by atoms with Gasteiger partial charge in [0.15, 0.2) is 0 Å². The van der Waals surface area contributed by atoms with Crippen LogP contribution in [0.5, 0.6) is 0 Å². The third-order valence-corrected chi connectivity index (χ3v) is 9.16. The van der Waals surface area contributed by atoms with Crippen molar-refractivity contribution < 1.29 is 24.0 Å². The number of nitro groups is 1. The fraction of sp³-hybridized carbons (Fsp3) is 0.361. The predicted octanol–water partition coefficient (Wildman–Crippen LogP) is 6.23. The number of likely N-dealkylation sites (tertiary alicyclic amines) is 1. The molecule has 234 valence electrons. The molecule has 1 saturated heterocycles. The van der Waals surface area contributed by atoms with Crippen LogP contribution in [0.25, 0.3) is 0 Å². The fourth-order valence-electron chi connectivity index (χ4n) is 6.87. The SMILES string of the molecule is COC(=O)C1C(C)=NC(C)=C(C(=O)OCCCN2CCC(c3ccccc3)(c3ccccc3)CC2)[C@H]1c1cccc([N+](=O)[O-])c1. The fourth-order valence-corrected chi connectivity index (χ4v) is 6.87. The molecule has 2 heterocycles. The number of benzene rings is 3. The first-order chi connectivity index (χ1) is 21.7. The second-order valence-corrected chi connectivity index (χ2v) is 11.7. The predicted molar refractivity (Wildman–Crippen MR) is 172 cm³/mol. The van der Waals surface area contributed by atoms with Crippen molar-refractivity contribution in [1.82, 2.24) is 4.90 Å². The third kappa shape index (κ3) is 6.73. The van der Waals surface area contributed by atoms with Crippen molar-refractivity contribution in [2.75, 3.05) is 33.4 Å². The smallest absolute Gasteiger partial charge is 0.336 e. The number of ether oxygens (including phenoxy) is 2. The normalized spacial score (nSPS) is 19.8. The minimum atomic E-state index is -0.911. The first-order valence-corrected chi connectivity index (χ1v) is 15.3. The Balaban J connectivity index is 1.25. The Bertz CT molecular complexity index is 1550. The van der Waals surface area contributed by atoms with E-state index < -0.39 is 28.7 Å². The number of rotatable bonds is 10. The minimum Gasteiger partial charge on any atom is -0.468 e. The van der Waals surface area contributed by atoms with E-state index in [0.29, 0.717) is 23.4 Å². The maximum Gasteiger partial charge on any atom is 0.336 e. The quantitative estimate of drug-likeness (QED) is 0.116. The van der Waals surface area contributed by atoms with Crippen molar-refractivity contribution in [2.24, 2.45) is 10.9 Å². The summed E-state index contributed by atoms with van der Waals surface area (Å²) >= 11 is 0. The van der Waals surface area contributed by atoms with Gasteiger partial charge >= 0.3 is 11.9 Å². The summed E-state index contributed by atoms with van der Waals surface area (Å²) in [6.45, 7) is 6.21. The number of nitrogens with zero attached hydrogens (tertiary/aromatic N) is 3. The maximum absolute atomic E-state index is 13.6. The van der Waals surface area contributed by atoms with Gasteiger partial charge < -0.3 is 14.4 Å². The van der Waals surface area contributed by atoms with Gasteiger partial charge in [-0.1, -0.05) is 72.8 Å². The molecule has 0 radical (unpaired) electrons. The zero-order valence-corrected chi connectivity index (χ0v) is 26.0. The molecule has 9 heteroatoms. The molecule has 3 aromatic carbocycles. The van der Waals surface area contributed by atoms with E-state index in [4.69, 9.17) is 9.47 Å². The van der Waals surface area contributed by atoms with Crippen LogP contribution in [-0.2, 0) is 24.5 Å². The summed E-state index contributed by atoms with van der Waals surface area (Å²) < 4.78 is 10.8. The number of carbonyl (C=O) groups is 2. The topological polar surface area (TPSA) is 111 Å². The number of aliphatic imine (C=N–C) groups is 1. The molecular formula is C36H39N3O6. The number of hydrogen-bond acceptors (Lipinski definition) is 8. The van der Waals surface area contributed by atoms with E-state index in [0.717, 1.165) is 32.5 Å². The van der Waals surface area contributed by atoms with Gasteiger partial charge in [-0.2, -0.15) is 0 Å². The van der Waals surface area contributed by atoms with Crippen molar-refractivity contribution in [1.29, 1.82) is 0 Å². The Hall–Kier alpha value is -4.63. The average molecular weight is 610 g/mol. The summed E-state index contributed by atoms with van der Waals surface area (Å²) in [7, 11) is 1.27. The number of non-ortho nitro benzene ring substituents is 1. The summed E-state index contributed by atoms with van der Waals surface area (Å²) in [5, 5.41) is 11.5. The summed E-state index contributed by atoms with van der Waals surface area (Å²) in [4.78, 5) is 44.4. The molecule has 0 aromatic heterocycles. The lowest BCUT2D eigenvalue weighted by Gasteiger charge is -2.43. The van der Waals surface area contributed by atoms with Gasteiger partial charge in [0.1, 0.15) is 5.92 Å². The van der Waals surface area contributed by atoms with Crippen LogP contribution in [0.4, 0.5) is 5.69 Å². The van der Waals surface area contributed by atoms with Crippen molar-refractivity contribution in [3.05, 3.63) is 123 Å². The van der Waals surface area contributed by atoms with Gasteiger partial charge in [0.25, 0.3) is 5.69 Å². The summed E-state index contributed by atoms with van der Waals surface area (Å²) in [6.07, 6.45) is 2.63. The molecule has 5 rings (SSSR count). The zero-order chi connectivity index (χ0) is 32.0. The molecule has 2 aliphatic rings. The van der Waals surface area contributed by atoms with Gasteiger partial charge in [-0.05, 0) is 62.9 Å². The van der Waals surface area contributed by atoms with E-state index in [-0.39, 0.29) is 23.3 Å². The maximum atomic E-state index is 13.6. The van der Waals surface area contributed by atoms with Gasteiger partial charge in [-0.15, -0.1) is 0 Å². The lowest BCUT2D eigenvalue weighted by atomic mass is 9.68. The molecule has 9 nitrogen and oxygen atoms in total. The average Bonchev–Trinajstić information content (AvgIpc) is 3.07. The third-order valence-electron chi connectivity index (χ3n) is 9.16. The van der Waals surface area contributed by atoms with Gasteiger partial charge in [0, 0.05) is 41.4 Å². The van der Waals surface area contributed by atoms with E-state index in [9.17, 15) is 19.7 Å². The van der Waals surface area contributed by atoms with Gasteiger partial charge in [-0.3, -0.25) is 19.9 Å². The van der Waals surface area contributed by atoms with Crippen LogP contribution < -0.4 is 0 Å². The standard InChI is InChI=1S/C36H39N3O6/c1-25-31(34(40)44-3)33(27-12-10-17-30(24-27)39(42)43)32(26(2)37-25)35(41)45-23-11-20-38-21-18-36(19-22-38,28-13-6-4-7-14-28)29-15-8-5-9-16-29/h4-10,12-17,24,31,33H,11,18-23H2,1-3H3/t31?,33-/m0/s1. The second kappa shape index (κ2) is 14.0. The van der Waals surface area contributed by atoms with Crippen LogP contribution >= 0.6 is 0 Å². The Morgan fingerprint density at radius 1 is 0.956 bits per heavy atom. The Kier molecular flexibility index (Phi) is 9.88. The Morgan fingerprint density at radius 3 is 2.16 bits per heavy atom. The van der Waals surface area contributed by atoms with Crippen LogP contribution in [0, 0.1) is 16.0 Å². The monoisotopic (exact) mass is 609 g/mol. The molecule has 0 N–H and O–H groups in total. The van der Waals surface area contributed by atoms with Crippen molar-refractivity contribution in [2.45, 2.75) is 44.4 Å². The van der Waals surface area contributed by atoms with E-state index in [1.165, 1.54) is 30.4 Å². The number of carbonyl (C=O) groups excluding carboxylic acids is 2. The molecule has 0 bridgehead atoms. The van der Waals surface area contributed by atoms with Crippen LogP contribution in [0.3, 0.4) is 0 Å². The van der Waals surface area contributed by atoms with Crippen molar-refractivity contribution >= 4 is 23.3 Å². The van der Waals surface area contributed by atoms with E-state index in [1.54, 1.807) is 26.0 Å². The molecule has 2 aliphatic heterocycles. The first-order valence-electron chi connectivity index (χ1n) is 15.3. The van der Waals surface area contributed by atoms with Crippen LogP contribution in [0.1, 0.15) is 55.7 Å². The number of nitro benzene ring substituents is 1. The minimum absolute atomic E-state index is 0.0349. The Labute approximate surface area is 263 Å².